The number of aryl methyl sites for hydroxylation is 1. The molecule has 2 aromatic rings. The van der Waals surface area contributed by atoms with E-state index in [2.05, 4.69) is 4.98 Å². The van der Waals surface area contributed by atoms with Gasteiger partial charge in [-0.15, -0.1) is 12.4 Å². The van der Waals surface area contributed by atoms with Gasteiger partial charge in [0.1, 0.15) is 5.82 Å². The molecule has 2 aliphatic rings. The van der Waals surface area contributed by atoms with Crippen LogP contribution in [-0.2, 0) is 6.42 Å². The fourth-order valence-corrected chi connectivity index (χ4v) is 4.36. The Bertz CT molecular complexity index is 968. The van der Waals surface area contributed by atoms with Gasteiger partial charge in [0.25, 0.3) is 5.56 Å². The number of nitrogens with two attached hydrogens (primary N) is 1. The number of H-pyrrole nitrogens is 1. The number of hydrogen-bond acceptors (Lipinski definition) is 4. The summed E-state index contributed by atoms with van der Waals surface area (Å²) >= 11 is 0. The molecule has 3 heterocycles. The number of nitrogens with one attached hydrogen (secondary N) is 1. The number of anilines is 1. The van der Waals surface area contributed by atoms with Gasteiger partial charge in [0, 0.05) is 30.7 Å². The lowest BCUT2D eigenvalue weighted by Crippen LogP contribution is -2.36. The molecule has 1 saturated heterocycles. The van der Waals surface area contributed by atoms with Gasteiger partial charge in [-0.1, -0.05) is 0 Å². The SMILES string of the molecule is CC1CCc2c(N3CCC([C@H](C)N)C3)c(F)cc3c(=O)[nH]c(=O)n1c23.Cl. The molecule has 3 atom stereocenters. The fraction of sp³-hybridized carbons (Fsp3) is 0.556. The van der Waals surface area contributed by atoms with Gasteiger partial charge >= 0.3 is 5.69 Å². The van der Waals surface area contributed by atoms with Crippen molar-refractivity contribution in [2.45, 2.75) is 45.2 Å². The van der Waals surface area contributed by atoms with Gasteiger partial charge in [-0.3, -0.25) is 14.3 Å². The van der Waals surface area contributed by atoms with E-state index in [0.29, 0.717) is 30.1 Å². The van der Waals surface area contributed by atoms with Crippen LogP contribution in [-0.4, -0.2) is 28.7 Å². The smallest absolute Gasteiger partial charge is 0.329 e. The van der Waals surface area contributed by atoms with E-state index >= 15 is 0 Å². The highest BCUT2D eigenvalue weighted by molar-refractivity contribution is 5.88. The molecule has 2 aliphatic heterocycles. The minimum Gasteiger partial charge on any atom is -0.369 e. The number of aromatic nitrogens is 2. The third-order valence-electron chi connectivity index (χ3n) is 5.79. The Balaban J connectivity index is 0.00000196. The summed E-state index contributed by atoms with van der Waals surface area (Å²) in [4.78, 5) is 28.9. The summed E-state index contributed by atoms with van der Waals surface area (Å²) in [6.07, 6.45) is 2.33. The van der Waals surface area contributed by atoms with Crippen LogP contribution < -0.4 is 21.9 Å². The highest BCUT2D eigenvalue weighted by Crippen LogP contribution is 2.38. The normalized spacial score (nSPS) is 23.2. The molecular formula is C18H24ClFN4O2. The third-order valence-corrected chi connectivity index (χ3v) is 5.79. The molecule has 0 aliphatic carbocycles. The molecule has 142 valence electrons. The van der Waals surface area contributed by atoms with E-state index in [-0.39, 0.29) is 29.9 Å². The van der Waals surface area contributed by atoms with Crippen molar-refractivity contribution in [3.63, 3.8) is 0 Å². The number of hydrogen-bond donors (Lipinski definition) is 2. The van der Waals surface area contributed by atoms with Crippen molar-refractivity contribution < 1.29 is 4.39 Å². The molecule has 0 bridgehead atoms. The van der Waals surface area contributed by atoms with Crippen LogP contribution in [0.3, 0.4) is 0 Å². The van der Waals surface area contributed by atoms with Crippen LogP contribution >= 0.6 is 12.4 Å². The molecule has 2 unspecified atom stereocenters. The molecule has 0 spiro atoms. The van der Waals surface area contributed by atoms with Crippen LogP contribution in [0.15, 0.2) is 15.7 Å². The average Bonchev–Trinajstić information content (AvgIpc) is 3.02. The first-order valence-electron chi connectivity index (χ1n) is 8.89. The third kappa shape index (κ3) is 2.74. The van der Waals surface area contributed by atoms with Crippen molar-refractivity contribution in [3.8, 4) is 0 Å². The first-order valence-corrected chi connectivity index (χ1v) is 8.89. The maximum absolute atomic E-state index is 15.0. The molecular weight excluding hydrogens is 359 g/mol. The predicted octanol–water partition coefficient (Wildman–Crippen LogP) is 1.93. The standard InChI is InChI=1S/C18H23FN4O2.ClH/c1-9-3-4-12-15-13(17(24)21-18(25)23(9)15)7-14(19)16(12)22-6-5-11(8-22)10(2)20;/h7,9-11H,3-6,8,20H2,1-2H3,(H,21,24,25);1H/t9?,10-,11?;/m0./s1. The number of nitrogens with zero attached hydrogens (tertiary/aromatic N) is 2. The second-order valence-corrected chi connectivity index (χ2v) is 7.45. The molecule has 4 rings (SSSR count). The van der Waals surface area contributed by atoms with Crippen molar-refractivity contribution in [1.82, 2.24) is 9.55 Å². The van der Waals surface area contributed by atoms with Crippen LogP contribution in [0.25, 0.3) is 10.9 Å². The lowest BCUT2D eigenvalue weighted by Gasteiger charge is -2.30. The average molecular weight is 383 g/mol. The molecule has 26 heavy (non-hydrogen) atoms. The van der Waals surface area contributed by atoms with Gasteiger partial charge in [0.15, 0.2) is 0 Å². The second kappa shape index (κ2) is 6.70. The Morgan fingerprint density at radius 1 is 1.35 bits per heavy atom. The van der Waals surface area contributed by atoms with Gasteiger partial charge in [-0.25, -0.2) is 9.18 Å². The molecule has 1 aromatic carbocycles. The predicted molar refractivity (Wildman–Crippen MR) is 103 cm³/mol. The maximum atomic E-state index is 15.0. The highest BCUT2D eigenvalue weighted by atomic mass is 35.5. The summed E-state index contributed by atoms with van der Waals surface area (Å²) in [5.41, 5.74) is 6.99. The van der Waals surface area contributed by atoms with Crippen molar-refractivity contribution >= 4 is 29.0 Å². The van der Waals surface area contributed by atoms with Crippen molar-refractivity contribution in [2.24, 2.45) is 11.7 Å². The molecule has 1 fully saturated rings. The van der Waals surface area contributed by atoms with E-state index in [9.17, 15) is 14.0 Å². The quantitative estimate of drug-likeness (QED) is 0.831. The minimum absolute atomic E-state index is 0. The largest absolute Gasteiger partial charge is 0.369 e. The first-order chi connectivity index (χ1) is 11.9. The number of halogens is 2. The van der Waals surface area contributed by atoms with Gasteiger partial charge in [-0.2, -0.15) is 0 Å². The Morgan fingerprint density at radius 3 is 2.73 bits per heavy atom. The highest BCUT2D eigenvalue weighted by Gasteiger charge is 2.32. The van der Waals surface area contributed by atoms with Crippen LogP contribution in [0.1, 0.15) is 38.3 Å². The zero-order valence-corrected chi connectivity index (χ0v) is 15.7. The summed E-state index contributed by atoms with van der Waals surface area (Å²) in [7, 11) is 0. The second-order valence-electron chi connectivity index (χ2n) is 7.45. The lowest BCUT2D eigenvalue weighted by molar-refractivity contribution is 0.476. The monoisotopic (exact) mass is 382 g/mol. The molecule has 0 radical (unpaired) electrons. The molecule has 3 N–H and O–H groups in total. The van der Waals surface area contributed by atoms with E-state index in [1.807, 2.05) is 18.7 Å². The van der Waals surface area contributed by atoms with Crippen molar-refractivity contribution in [1.29, 1.82) is 0 Å². The Morgan fingerprint density at radius 2 is 2.08 bits per heavy atom. The summed E-state index contributed by atoms with van der Waals surface area (Å²) in [5, 5.41) is 0.255. The number of aromatic amines is 1. The maximum Gasteiger partial charge on any atom is 0.329 e. The Kier molecular flexibility index (Phi) is 4.88. The van der Waals surface area contributed by atoms with E-state index < -0.39 is 17.1 Å². The fourth-order valence-electron chi connectivity index (χ4n) is 4.36. The van der Waals surface area contributed by atoms with Crippen LogP contribution in [0.5, 0.6) is 0 Å². The molecule has 6 nitrogen and oxygen atoms in total. The van der Waals surface area contributed by atoms with E-state index in [4.69, 9.17) is 5.73 Å². The molecule has 0 amide bonds. The van der Waals surface area contributed by atoms with Crippen molar-refractivity contribution in [3.05, 3.63) is 38.3 Å². The summed E-state index contributed by atoms with van der Waals surface area (Å²) in [6, 6.07) is 1.32. The van der Waals surface area contributed by atoms with Crippen LogP contribution in [0.4, 0.5) is 10.1 Å². The van der Waals surface area contributed by atoms with Gasteiger partial charge in [0.2, 0.25) is 0 Å². The summed E-state index contributed by atoms with van der Waals surface area (Å²) in [5.74, 6) is -0.0655. The molecule has 1 aromatic heterocycles. The Hall–Kier alpha value is -1.86. The van der Waals surface area contributed by atoms with E-state index in [0.717, 1.165) is 24.9 Å². The van der Waals surface area contributed by atoms with Crippen molar-refractivity contribution in [2.75, 3.05) is 18.0 Å². The topological polar surface area (TPSA) is 84.1 Å². The minimum atomic E-state index is -0.521. The zero-order chi connectivity index (χ0) is 17.9. The summed E-state index contributed by atoms with van der Waals surface area (Å²) < 4.78 is 16.6. The Labute approximate surface area is 156 Å². The number of benzene rings is 1. The van der Waals surface area contributed by atoms with E-state index in [1.54, 1.807) is 4.57 Å². The van der Waals surface area contributed by atoms with Crippen LogP contribution in [0, 0.1) is 11.7 Å². The van der Waals surface area contributed by atoms with Gasteiger partial charge in [-0.05, 0) is 45.1 Å². The summed E-state index contributed by atoms with van der Waals surface area (Å²) in [6.45, 7) is 5.38. The van der Waals surface area contributed by atoms with Crippen LogP contribution in [0.2, 0.25) is 0 Å². The molecule has 0 saturated carbocycles. The lowest BCUT2D eigenvalue weighted by atomic mass is 9.95. The van der Waals surface area contributed by atoms with E-state index in [1.165, 1.54) is 6.07 Å². The molecule has 8 heteroatoms. The van der Waals surface area contributed by atoms with Gasteiger partial charge in [0.05, 0.1) is 16.6 Å². The zero-order valence-electron chi connectivity index (χ0n) is 14.9. The van der Waals surface area contributed by atoms with Gasteiger partial charge < -0.3 is 10.6 Å². The number of rotatable bonds is 2. The first kappa shape index (κ1) is 18.9.